The van der Waals surface area contributed by atoms with Crippen molar-refractivity contribution in [3.05, 3.63) is 37.7 Å². The lowest BCUT2D eigenvalue weighted by Gasteiger charge is -2.10. The van der Waals surface area contributed by atoms with E-state index in [1.54, 1.807) is 6.92 Å². The van der Waals surface area contributed by atoms with E-state index >= 15 is 0 Å². The van der Waals surface area contributed by atoms with Crippen LogP contribution < -0.4 is 10.2 Å². The number of benzene rings is 1. The van der Waals surface area contributed by atoms with Crippen molar-refractivity contribution in [1.82, 2.24) is 4.98 Å². The molecule has 0 saturated heterocycles. The van der Waals surface area contributed by atoms with Gasteiger partial charge in [0.25, 0.3) is 0 Å². The summed E-state index contributed by atoms with van der Waals surface area (Å²) in [7, 11) is 0. The molecule has 1 N–H and O–H groups in total. The highest BCUT2D eigenvalue weighted by Gasteiger charge is 2.31. The Balaban J connectivity index is 2.60. The minimum atomic E-state index is -4.74. The summed E-state index contributed by atoms with van der Waals surface area (Å²) in [5, 5.41) is 0.333. The van der Waals surface area contributed by atoms with Crippen LogP contribution in [0, 0.1) is 10.5 Å². The Morgan fingerprint density at radius 3 is 2.61 bits per heavy atom. The summed E-state index contributed by atoms with van der Waals surface area (Å²) in [6.07, 6.45) is -4.74. The highest BCUT2D eigenvalue weighted by Crippen LogP contribution is 2.25. The third-order valence-electron chi connectivity index (χ3n) is 2.32. The maximum absolute atomic E-state index is 12.1. The van der Waals surface area contributed by atoms with E-state index in [4.69, 9.17) is 0 Å². The number of aromatic nitrogens is 1. The number of ether oxygens (including phenoxy) is 1. The monoisotopic (exact) mass is 369 g/mol. The van der Waals surface area contributed by atoms with Crippen LogP contribution in [0.2, 0.25) is 0 Å². The predicted octanol–water partition coefficient (Wildman–Crippen LogP) is 3.34. The van der Waals surface area contributed by atoms with Crippen LogP contribution in [-0.4, -0.2) is 11.3 Å². The number of hydrogen-bond donors (Lipinski definition) is 1. The second-order valence-electron chi connectivity index (χ2n) is 3.65. The van der Waals surface area contributed by atoms with Crippen molar-refractivity contribution < 1.29 is 17.9 Å². The molecular formula is C11H7F3INO2. The molecule has 0 fully saturated rings. The summed E-state index contributed by atoms with van der Waals surface area (Å²) in [6.45, 7) is 1.68. The fourth-order valence-electron chi connectivity index (χ4n) is 1.57. The van der Waals surface area contributed by atoms with Gasteiger partial charge in [-0.1, -0.05) is 0 Å². The Kier molecular flexibility index (Phi) is 3.26. The van der Waals surface area contributed by atoms with Crippen LogP contribution in [0.25, 0.3) is 10.9 Å². The number of nitrogens with one attached hydrogen (secondary N) is 1. The summed E-state index contributed by atoms with van der Waals surface area (Å²) < 4.78 is 40.5. The number of hydrogen-bond acceptors (Lipinski definition) is 2. The van der Waals surface area contributed by atoms with Gasteiger partial charge in [0, 0.05) is 17.1 Å². The van der Waals surface area contributed by atoms with Crippen LogP contribution in [-0.2, 0) is 0 Å². The molecule has 1 heterocycles. The average Bonchev–Trinajstić information content (AvgIpc) is 2.23. The maximum Gasteiger partial charge on any atom is 0.573 e. The lowest BCUT2D eigenvalue weighted by molar-refractivity contribution is -0.274. The van der Waals surface area contributed by atoms with Crippen molar-refractivity contribution in [1.29, 1.82) is 0 Å². The topological polar surface area (TPSA) is 42.1 Å². The smallest absolute Gasteiger partial charge is 0.406 e. The highest BCUT2D eigenvalue weighted by molar-refractivity contribution is 14.1. The normalized spacial score (nSPS) is 11.8. The molecule has 1 aromatic heterocycles. The number of rotatable bonds is 1. The van der Waals surface area contributed by atoms with Crippen molar-refractivity contribution in [3.8, 4) is 5.75 Å². The molecule has 96 valence electrons. The van der Waals surface area contributed by atoms with Gasteiger partial charge in [-0.15, -0.1) is 13.2 Å². The minimum absolute atomic E-state index is 0.208. The molecule has 18 heavy (non-hydrogen) atoms. The molecule has 2 rings (SSSR count). The molecule has 0 spiro atoms. The second kappa shape index (κ2) is 4.45. The maximum atomic E-state index is 12.1. The van der Waals surface area contributed by atoms with Gasteiger partial charge in [-0.2, -0.15) is 0 Å². The van der Waals surface area contributed by atoms with Gasteiger partial charge in [-0.05, 0) is 41.6 Å². The first-order chi connectivity index (χ1) is 8.28. The molecule has 0 aliphatic carbocycles. The zero-order chi connectivity index (χ0) is 13.5. The molecular weight excluding hydrogens is 362 g/mol. The van der Waals surface area contributed by atoms with Gasteiger partial charge in [-0.25, -0.2) is 0 Å². The summed E-state index contributed by atoms with van der Waals surface area (Å²) in [4.78, 5) is 14.7. The standard InChI is InChI=1S/C11H7F3INO2/c1-5-9(15)10(17)7-3-2-6(4-8(7)16-5)18-11(12,13)14/h2-4H,1H3,(H,16,17). The average molecular weight is 369 g/mol. The zero-order valence-electron chi connectivity index (χ0n) is 9.06. The van der Waals surface area contributed by atoms with E-state index in [0.717, 1.165) is 12.1 Å². The van der Waals surface area contributed by atoms with Crippen LogP contribution >= 0.6 is 22.6 Å². The van der Waals surface area contributed by atoms with Crippen molar-refractivity contribution in [2.75, 3.05) is 0 Å². The molecule has 2 aromatic rings. The predicted molar refractivity (Wildman–Crippen MR) is 68.7 cm³/mol. The molecule has 0 saturated carbocycles. The molecule has 1 aromatic carbocycles. The Morgan fingerprint density at radius 1 is 1.33 bits per heavy atom. The SMILES string of the molecule is Cc1[nH]c2cc(OC(F)(F)F)ccc2c(=O)c1I. The van der Waals surface area contributed by atoms with Gasteiger partial charge in [0.15, 0.2) is 0 Å². The Morgan fingerprint density at radius 2 is 2.00 bits per heavy atom. The van der Waals surface area contributed by atoms with Crippen molar-refractivity contribution >= 4 is 33.5 Å². The van der Waals surface area contributed by atoms with Crippen molar-refractivity contribution in [3.63, 3.8) is 0 Å². The first-order valence-corrected chi connectivity index (χ1v) is 5.94. The summed E-state index contributed by atoms with van der Waals surface area (Å²) >= 11 is 1.89. The van der Waals surface area contributed by atoms with Gasteiger partial charge in [0.2, 0.25) is 5.43 Å². The van der Waals surface area contributed by atoms with E-state index in [9.17, 15) is 18.0 Å². The van der Waals surface area contributed by atoms with Crippen LogP contribution in [0.3, 0.4) is 0 Å². The first-order valence-electron chi connectivity index (χ1n) is 4.86. The zero-order valence-corrected chi connectivity index (χ0v) is 11.2. The first kappa shape index (κ1) is 13.2. The van der Waals surface area contributed by atoms with Crippen LogP contribution in [0.5, 0.6) is 5.75 Å². The van der Waals surface area contributed by atoms with Gasteiger partial charge < -0.3 is 9.72 Å². The molecule has 0 amide bonds. The van der Waals surface area contributed by atoms with Gasteiger partial charge >= 0.3 is 6.36 Å². The molecule has 0 radical (unpaired) electrons. The largest absolute Gasteiger partial charge is 0.573 e. The Bertz CT molecular complexity index is 664. The van der Waals surface area contributed by atoms with Crippen LogP contribution in [0.4, 0.5) is 13.2 Å². The number of pyridine rings is 1. The third-order valence-corrected chi connectivity index (χ3v) is 3.62. The number of aromatic amines is 1. The Hall–Kier alpha value is -1.25. The van der Waals surface area contributed by atoms with Crippen LogP contribution in [0.15, 0.2) is 23.0 Å². The van der Waals surface area contributed by atoms with Gasteiger partial charge in [0.1, 0.15) is 5.75 Å². The third kappa shape index (κ3) is 2.60. The summed E-state index contributed by atoms with van der Waals surface area (Å²) in [5.41, 5.74) is 0.720. The molecule has 0 atom stereocenters. The molecule has 0 unspecified atom stereocenters. The lowest BCUT2D eigenvalue weighted by Crippen LogP contribution is -2.17. The van der Waals surface area contributed by atoms with E-state index in [-0.39, 0.29) is 11.2 Å². The van der Waals surface area contributed by atoms with E-state index < -0.39 is 6.36 Å². The number of aryl methyl sites for hydroxylation is 1. The number of halogens is 4. The van der Waals surface area contributed by atoms with Crippen molar-refractivity contribution in [2.24, 2.45) is 0 Å². The fraction of sp³-hybridized carbons (Fsp3) is 0.182. The van der Waals surface area contributed by atoms with E-state index in [0.29, 0.717) is 20.2 Å². The number of alkyl halides is 3. The number of fused-ring (bicyclic) bond motifs is 1. The number of H-pyrrole nitrogens is 1. The van der Waals surface area contributed by atoms with Gasteiger partial charge in [0.05, 0.1) is 9.09 Å². The van der Waals surface area contributed by atoms with E-state index in [1.165, 1.54) is 6.07 Å². The molecule has 0 aliphatic heterocycles. The second-order valence-corrected chi connectivity index (χ2v) is 4.73. The van der Waals surface area contributed by atoms with E-state index in [1.807, 2.05) is 22.6 Å². The van der Waals surface area contributed by atoms with Crippen LogP contribution in [0.1, 0.15) is 5.69 Å². The van der Waals surface area contributed by atoms with E-state index in [2.05, 4.69) is 9.72 Å². The molecule has 7 heteroatoms. The summed E-state index contributed by atoms with van der Waals surface area (Å²) in [6, 6.07) is 3.60. The molecule has 0 aliphatic rings. The lowest BCUT2D eigenvalue weighted by atomic mass is 10.2. The highest BCUT2D eigenvalue weighted by atomic mass is 127. The molecule has 0 bridgehead atoms. The quantitative estimate of drug-likeness (QED) is 0.784. The molecule has 3 nitrogen and oxygen atoms in total. The minimum Gasteiger partial charge on any atom is -0.406 e. The fourth-order valence-corrected chi connectivity index (χ4v) is 1.99. The van der Waals surface area contributed by atoms with Gasteiger partial charge in [-0.3, -0.25) is 4.79 Å². The van der Waals surface area contributed by atoms with Crippen molar-refractivity contribution in [2.45, 2.75) is 13.3 Å². The Labute approximate surface area is 113 Å². The summed E-state index contributed by atoms with van der Waals surface area (Å²) in [5.74, 6) is -0.355.